The second kappa shape index (κ2) is 9.56. The molecule has 1 heterocycles. The summed E-state index contributed by atoms with van der Waals surface area (Å²) in [5, 5.41) is 6.41. The maximum Gasteiger partial charge on any atom is 0.251 e. The van der Waals surface area contributed by atoms with Gasteiger partial charge in [0.1, 0.15) is 0 Å². The van der Waals surface area contributed by atoms with Crippen LogP contribution in [-0.2, 0) is 11.3 Å². The fraction of sp³-hybridized carbons (Fsp3) is 0.600. The largest absolute Gasteiger partial charge is 0.352 e. The summed E-state index contributed by atoms with van der Waals surface area (Å²) in [6.07, 6.45) is 3.51. The molecule has 2 amide bonds. The van der Waals surface area contributed by atoms with Gasteiger partial charge < -0.3 is 15.5 Å². The molecule has 0 aromatic heterocycles. The first-order chi connectivity index (χ1) is 12.0. The molecule has 1 atom stereocenters. The molecule has 0 spiro atoms. The van der Waals surface area contributed by atoms with Crippen molar-refractivity contribution in [3.05, 3.63) is 35.4 Å². The molecule has 5 heteroatoms. The minimum atomic E-state index is -0.0260. The molecular formula is C20H31N3O2. The molecule has 2 rings (SSSR count). The summed E-state index contributed by atoms with van der Waals surface area (Å²) in [6.45, 7) is 7.26. The first-order valence-corrected chi connectivity index (χ1v) is 9.30. The lowest BCUT2D eigenvalue weighted by atomic mass is 9.96. The lowest BCUT2D eigenvalue weighted by Gasteiger charge is -2.22. The summed E-state index contributed by atoms with van der Waals surface area (Å²) in [5.41, 5.74) is 1.70. The Labute approximate surface area is 151 Å². The van der Waals surface area contributed by atoms with Crippen molar-refractivity contribution < 1.29 is 9.59 Å². The fourth-order valence-electron chi connectivity index (χ4n) is 3.22. The Bertz CT molecular complexity index is 563. The summed E-state index contributed by atoms with van der Waals surface area (Å²) >= 11 is 0. The van der Waals surface area contributed by atoms with E-state index in [-0.39, 0.29) is 17.7 Å². The normalized spacial score (nSPS) is 17.4. The maximum absolute atomic E-state index is 12.2. The minimum absolute atomic E-state index is 0.00517. The lowest BCUT2D eigenvalue weighted by Crippen LogP contribution is -2.33. The average molecular weight is 345 g/mol. The molecule has 1 aromatic rings. The van der Waals surface area contributed by atoms with E-state index >= 15 is 0 Å². The summed E-state index contributed by atoms with van der Waals surface area (Å²) < 4.78 is 0. The van der Waals surface area contributed by atoms with Crippen LogP contribution in [0.4, 0.5) is 0 Å². The SMILES string of the molecule is CC(C)C(=O)N(C)Cc1ccc(C(=O)NCCC2CCCNC2)cc1. The van der Waals surface area contributed by atoms with Crippen LogP contribution in [0.25, 0.3) is 0 Å². The zero-order chi connectivity index (χ0) is 18.2. The van der Waals surface area contributed by atoms with Gasteiger partial charge in [-0.25, -0.2) is 0 Å². The molecule has 1 aliphatic rings. The number of hydrogen-bond acceptors (Lipinski definition) is 3. The van der Waals surface area contributed by atoms with Crippen molar-refractivity contribution in [2.45, 2.75) is 39.7 Å². The monoisotopic (exact) mass is 345 g/mol. The van der Waals surface area contributed by atoms with Gasteiger partial charge in [0.15, 0.2) is 0 Å². The van der Waals surface area contributed by atoms with Gasteiger partial charge >= 0.3 is 0 Å². The van der Waals surface area contributed by atoms with Crippen molar-refractivity contribution in [3.63, 3.8) is 0 Å². The topological polar surface area (TPSA) is 61.4 Å². The number of amides is 2. The Balaban J connectivity index is 1.78. The highest BCUT2D eigenvalue weighted by atomic mass is 16.2. The molecule has 25 heavy (non-hydrogen) atoms. The first-order valence-electron chi connectivity index (χ1n) is 9.30. The highest BCUT2D eigenvalue weighted by Crippen LogP contribution is 2.13. The molecule has 2 N–H and O–H groups in total. The summed E-state index contributed by atoms with van der Waals surface area (Å²) in [4.78, 5) is 25.9. The highest BCUT2D eigenvalue weighted by molar-refractivity contribution is 5.94. The quantitative estimate of drug-likeness (QED) is 0.798. The average Bonchev–Trinajstić information content (AvgIpc) is 2.62. The third-order valence-corrected chi connectivity index (χ3v) is 4.74. The van der Waals surface area contributed by atoms with E-state index < -0.39 is 0 Å². The number of carbonyl (C=O) groups is 2. The zero-order valence-electron chi connectivity index (χ0n) is 15.7. The number of nitrogens with zero attached hydrogens (tertiary/aromatic N) is 1. The molecule has 0 bridgehead atoms. The molecule has 5 nitrogen and oxygen atoms in total. The molecule has 1 saturated heterocycles. The van der Waals surface area contributed by atoms with E-state index in [2.05, 4.69) is 10.6 Å². The van der Waals surface area contributed by atoms with Crippen molar-refractivity contribution in [3.8, 4) is 0 Å². The van der Waals surface area contributed by atoms with E-state index in [1.54, 1.807) is 4.90 Å². The molecule has 138 valence electrons. The van der Waals surface area contributed by atoms with Gasteiger partial charge in [-0.15, -0.1) is 0 Å². The molecule has 1 aromatic carbocycles. The molecule has 0 aliphatic carbocycles. The van der Waals surface area contributed by atoms with Crippen LogP contribution >= 0.6 is 0 Å². The Morgan fingerprint density at radius 1 is 1.28 bits per heavy atom. The van der Waals surface area contributed by atoms with Crippen LogP contribution in [0.15, 0.2) is 24.3 Å². The summed E-state index contributed by atoms with van der Waals surface area (Å²) in [7, 11) is 1.81. The van der Waals surface area contributed by atoms with E-state index in [0.29, 0.717) is 18.0 Å². The number of benzene rings is 1. The number of hydrogen-bond donors (Lipinski definition) is 2. The minimum Gasteiger partial charge on any atom is -0.352 e. The standard InChI is InChI=1S/C20H31N3O2/c1-15(2)20(25)23(3)14-17-6-8-18(9-7-17)19(24)22-12-10-16-5-4-11-21-13-16/h6-9,15-16,21H,4-5,10-14H2,1-3H3,(H,22,24). The second-order valence-corrected chi connectivity index (χ2v) is 7.30. The van der Waals surface area contributed by atoms with E-state index in [1.165, 1.54) is 12.8 Å². The van der Waals surface area contributed by atoms with Crippen LogP contribution in [0, 0.1) is 11.8 Å². The van der Waals surface area contributed by atoms with Crippen molar-refractivity contribution in [2.75, 3.05) is 26.7 Å². The predicted octanol–water partition coefficient (Wildman–Crippen LogP) is 2.42. The van der Waals surface area contributed by atoms with Gasteiger partial charge in [-0.3, -0.25) is 9.59 Å². The molecule has 0 radical (unpaired) electrons. The Morgan fingerprint density at radius 3 is 2.60 bits per heavy atom. The summed E-state index contributed by atoms with van der Waals surface area (Å²) in [6, 6.07) is 7.51. The van der Waals surface area contributed by atoms with E-state index in [0.717, 1.165) is 31.6 Å². The molecule has 0 saturated carbocycles. The smallest absolute Gasteiger partial charge is 0.251 e. The van der Waals surface area contributed by atoms with Crippen LogP contribution in [-0.4, -0.2) is 43.4 Å². The zero-order valence-corrected chi connectivity index (χ0v) is 15.7. The third kappa shape index (κ3) is 6.16. The number of nitrogens with one attached hydrogen (secondary N) is 2. The maximum atomic E-state index is 12.2. The summed E-state index contributed by atoms with van der Waals surface area (Å²) in [5.74, 6) is 0.765. The predicted molar refractivity (Wildman–Crippen MR) is 100 cm³/mol. The van der Waals surface area contributed by atoms with Crippen LogP contribution in [0.1, 0.15) is 49.0 Å². The Kier molecular flexibility index (Phi) is 7.44. The van der Waals surface area contributed by atoms with Gasteiger partial charge in [0.25, 0.3) is 5.91 Å². The Hall–Kier alpha value is -1.88. The van der Waals surface area contributed by atoms with E-state index in [4.69, 9.17) is 0 Å². The lowest BCUT2D eigenvalue weighted by molar-refractivity contribution is -0.133. The van der Waals surface area contributed by atoms with Crippen LogP contribution < -0.4 is 10.6 Å². The second-order valence-electron chi connectivity index (χ2n) is 7.30. The molecule has 1 aliphatic heterocycles. The van der Waals surface area contributed by atoms with Crippen molar-refractivity contribution in [1.29, 1.82) is 0 Å². The first kappa shape index (κ1) is 19.4. The van der Waals surface area contributed by atoms with Crippen LogP contribution in [0.3, 0.4) is 0 Å². The van der Waals surface area contributed by atoms with E-state index in [1.807, 2.05) is 45.2 Å². The van der Waals surface area contributed by atoms with Crippen LogP contribution in [0.2, 0.25) is 0 Å². The van der Waals surface area contributed by atoms with Gasteiger partial charge in [0, 0.05) is 31.6 Å². The van der Waals surface area contributed by atoms with Crippen molar-refractivity contribution in [2.24, 2.45) is 11.8 Å². The van der Waals surface area contributed by atoms with Gasteiger partial charge in [-0.2, -0.15) is 0 Å². The van der Waals surface area contributed by atoms with E-state index in [9.17, 15) is 9.59 Å². The molecule has 1 unspecified atom stereocenters. The number of rotatable bonds is 7. The van der Waals surface area contributed by atoms with Gasteiger partial charge in [0.05, 0.1) is 0 Å². The number of carbonyl (C=O) groups excluding carboxylic acids is 2. The Morgan fingerprint density at radius 2 is 2.00 bits per heavy atom. The van der Waals surface area contributed by atoms with Crippen molar-refractivity contribution in [1.82, 2.24) is 15.5 Å². The van der Waals surface area contributed by atoms with Gasteiger partial charge in [-0.1, -0.05) is 26.0 Å². The van der Waals surface area contributed by atoms with Gasteiger partial charge in [0.2, 0.25) is 5.91 Å². The molecule has 1 fully saturated rings. The molecular weight excluding hydrogens is 314 g/mol. The fourth-order valence-corrected chi connectivity index (χ4v) is 3.22. The van der Waals surface area contributed by atoms with Crippen molar-refractivity contribution >= 4 is 11.8 Å². The van der Waals surface area contributed by atoms with Crippen LogP contribution in [0.5, 0.6) is 0 Å². The highest BCUT2D eigenvalue weighted by Gasteiger charge is 2.14. The van der Waals surface area contributed by atoms with Gasteiger partial charge in [-0.05, 0) is 56.0 Å². The third-order valence-electron chi connectivity index (χ3n) is 4.74. The number of piperidine rings is 1.